The maximum Gasteiger partial charge on any atom is 0.240 e. The third kappa shape index (κ3) is 3.45. The van der Waals surface area contributed by atoms with E-state index in [2.05, 4.69) is 10.0 Å². The number of aryl methyl sites for hydroxylation is 1. The first-order valence-electron chi connectivity index (χ1n) is 7.04. The fourth-order valence-electron chi connectivity index (χ4n) is 2.47. The fourth-order valence-corrected chi connectivity index (χ4v) is 4.26. The Labute approximate surface area is 129 Å². The second-order valence-electron chi connectivity index (χ2n) is 5.08. The molecule has 0 unspecified atom stereocenters. The molecule has 112 valence electrons. The topological polar surface area (TPSA) is 58.2 Å². The molecule has 1 aliphatic heterocycles. The molecule has 1 aliphatic rings. The van der Waals surface area contributed by atoms with Gasteiger partial charge in [0.15, 0.2) is 0 Å². The van der Waals surface area contributed by atoms with Crippen molar-refractivity contribution in [2.24, 2.45) is 0 Å². The average molecular weight is 322 g/mol. The van der Waals surface area contributed by atoms with Crippen molar-refractivity contribution in [1.29, 1.82) is 0 Å². The molecule has 0 radical (unpaired) electrons. The van der Waals surface area contributed by atoms with E-state index in [1.807, 2.05) is 23.6 Å². The summed E-state index contributed by atoms with van der Waals surface area (Å²) in [7, 11) is -3.42. The lowest BCUT2D eigenvalue weighted by molar-refractivity contribution is 0.581. The maximum absolute atomic E-state index is 12.3. The highest BCUT2D eigenvalue weighted by molar-refractivity contribution is 7.89. The van der Waals surface area contributed by atoms with Gasteiger partial charge in [0, 0.05) is 23.7 Å². The predicted molar refractivity (Wildman–Crippen MR) is 86.5 cm³/mol. The minimum Gasteiger partial charge on any atom is -0.385 e. The van der Waals surface area contributed by atoms with Gasteiger partial charge >= 0.3 is 0 Å². The summed E-state index contributed by atoms with van der Waals surface area (Å²) in [5.41, 5.74) is 2.14. The SMILES string of the molecule is O=S(=O)(NCCc1cccs1)c1ccc2c(c1)CCCN2. The molecule has 2 heterocycles. The minimum absolute atomic E-state index is 0.358. The Morgan fingerprint density at radius 2 is 2.19 bits per heavy atom. The van der Waals surface area contributed by atoms with Gasteiger partial charge in [-0.05, 0) is 54.5 Å². The average Bonchev–Trinajstić information content (AvgIpc) is 3.00. The minimum atomic E-state index is -3.42. The number of anilines is 1. The van der Waals surface area contributed by atoms with Gasteiger partial charge in [0.05, 0.1) is 4.90 Å². The summed E-state index contributed by atoms with van der Waals surface area (Å²) in [5.74, 6) is 0. The number of hydrogen-bond acceptors (Lipinski definition) is 4. The summed E-state index contributed by atoms with van der Waals surface area (Å²) in [6, 6.07) is 9.32. The van der Waals surface area contributed by atoms with Crippen molar-refractivity contribution in [3.8, 4) is 0 Å². The van der Waals surface area contributed by atoms with E-state index in [1.54, 1.807) is 23.5 Å². The van der Waals surface area contributed by atoms with Crippen LogP contribution in [0.5, 0.6) is 0 Å². The summed E-state index contributed by atoms with van der Waals surface area (Å²) in [6.07, 6.45) is 2.70. The molecule has 0 amide bonds. The van der Waals surface area contributed by atoms with Gasteiger partial charge in [-0.3, -0.25) is 0 Å². The number of nitrogens with one attached hydrogen (secondary N) is 2. The highest BCUT2D eigenvalue weighted by Crippen LogP contribution is 2.24. The third-order valence-corrected chi connectivity index (χ3v) is 5.96. The molecule has 0 saturated heterocycles. The van der Waals surface area contributed by atoms with Crippen molar-refractivity contribution in [3.05, 3.63) is 46.2 Å². The number of hydrogen-bond donors (Lipinski definition) is 2. The summed E-state index contributed by atoms with van der Waals surface area (Å²) >= 11 is 1.64. The monoisotopic (exact) mass is 322 g/mol. The first-order valence-corrected chi connectivity index (χ1v) is 9.40. The van der Waals surface area contributed by atoms with E-state index in [0.29, 0.717) is 11.4 Å². The zero-order chi connectivity index (χ0) is 14.7. The lowest BCUT2D eigenvalue weighted by atomic mass is 10.0. The van der Waals surface area contributed by atoms with Crippen molar-refractivity contribution >= 4 is 27.0 Å². The Bertz CT molecular complexity index is 709. The molecule has 4 nitrogen and oxygen atoms in total. The quantitative estimate of drug-likeness (QED) is 0.890. The number of sulfonamides is 1. The van der Waals surface area contributed by atoms with Crippen LogP contribution in [0.3, 0.4) is 0 Å². The zero-order valence-electron chi connectivity index (χ0n) is 11.6. The van der Waals surface area contributed by atoms with Gasteiger partial charge in [0.25, 0.3) is 0 Å². The molecule has 1 aromatic heterocycles. The van der Waals surface area contributed by atoms with E-state index >= 15 is 0 Å². The molecular weight excluding hydrogens is 304 g/mol. The van der Waals surface area contributed by atoms with E-state index in [9.17, 15) is 8.42 Å². The Kier molecular flexibility index (Phi) is 4.28. The Hall–Kier alpha value is -1.37. The Balaban J connectivity index is 1.69. The number of thiophene rings is 1. The van der Waals surface area contributed by atoms with Gasteiger partial charge in [-0.2, -0.15) is 0 Å². The van der Waals surface area contributed by atoms with Crippen molar-refractivity contribution in [3.63, 3.8) is 0 Å². The van der Waals surface area contributed by atoms with Gasteiger partial charge in [0.1, 0.15) is 0 Å². The van der Waals surface area contributed by atoms with E-state index < -0.39 is 10.0 Å². The van der Waals surface area contributed by atoms with Gasteiger partial charge in [-0.25, -0.2) is 13.1 Å². The van der Waals surface area contributed by atoms with Crippen LogP contribution in [-0.4, -0.2) is 21.5 Å². The van der Waals surface area contributed by atoms with Crippen LogP contribution in [0.1, 0.15) is 16.9 Å². The normalized spacial score (nSPS) is 14.5. The van der Waals surface area contributed by atoms with Crippen molar-refractivity contribution < 1.29 is 8.42 Å². The highest BCUT2D eigenvalue weighted by Gasteiger charge is 2.17. The molecular formula is C15H18N2O2S2. The maximum atomic E-state index is 12.3. The van der Waals surface area contributed by atoms with Crippen LogP contribution >= 0.6 is 11.3 Å². The lowest BCUT2D eigenvalue weighted by Gasteiger charge is -2.18. The molecule has 0 saturated carbocycles. The molecule has 0 atom stereocenters. The number of fused-ring (bicyclic) bond motifs is 1. The smallest absolute Gasteiger partial charge is 0.240 e. The molecule has 0 spiro atoms. The Morgan fingerprint density at radius 1 is 1.29 bits per heavy atom. The van der Waals surface area contributed by atoms with E-state index in [0.717, 1.165) is 37.1 Å². The molecule has 21 heavy (non-hydrogen) atoms. The molecule has 6 heteroatoms. The van der Waals surface area contributed by atoms with E-state index in [4.69, 9.17) is 0 Å². The number of benzene rings is 1. The standard InChI is InChI=1S/C15H18N2O2S2/c18-21(19,17-9-7-13-4-2-10-20-13)14-5-6-15-12(11-14)3-1-8-16-15/h2,4-6,10-11,16-17H,1,3,7-9H2. The van der Waals surface area contributed by atoms with Gasteiger partial charge in [-0.1, -0.05) is 6.07 Å². The van der Waals surface area contributed by atoms with Crippen molar-refractivity contribution in [2.75, 3.05) is 18.4 Å². The second kappa shape index (κ2) is 6.17. The van der Waals surface area contributed by atoms with Crippen LogP contribution in [0.25, 0.3) is 0 Å². The molecule has 0 aliphatic carbocycles. The molecule has 0 fully saturated rings. The van der Waals surface area contributed by atoms with Crippen LogP contribution in [-0.2, 0) is 22.9 Å². The van der Waals surface area contributed by atoms with Gasteiger partial charge in [-0.15, -0.1) is 11.3 Å². The molecule has 1 aromatic carbocycles. The summed E-state index contributed by atoms with van der Waals surface area (Å²) in [4.78, 5) is 1.54. The zero-order valence-corrected chi connectivity index (χ0v) is 13.3. The summed E-state index contributed by atoms with van der Waals surface area (Å²) in [6.45, 7) is 1.39. The summed E-state index contributed by atoms with van der Waals surface area (Å²) in [5, 5.41) is 5.29. The van der Waals surface area contributed by atoms with E-state index in [1.165, 1.54) is 4.88 Å². The largest absolute Gasteiger partial charge is 0.385 e. The van der Waals surface area contributed by atoms with Crippen LogP contribution in [0.15, 0.2) is 40.6 Å². The fraction of sp³-hybridized carbons (Fsp3) is 0.333. The number of rotatable bonds is 5. The first kappa shape index (κ1) is 14.6. The molecule has 2 aromatic rings. The van der Waals surface area contributed by atoms with Crippen molar-refractivity contribution in [1.82, 2.24) is 4.72 Å². The van der Waals surface area contributed by atoms with Gasteiger partial charge < -0.3 is 5.32 Å². The lowest BCUT2D eigenvalue weighted by Crippen LogP contribution is -2.26. The third-order valence-electron chi connectivity index (χ3n) is 3.57. The van der Waals surface area contributed by atoms with Crippen LogP contribution in [0, 0.1) is 0 Å². The van der Waals surface area contributed by atoms with Crippen molar-refractivity contribution in [2.45, 2.75) is 24.2 Å². The Morgan fingerprint density at radius 3 is 3.00 bits per heavy atom. The van der Waals surface area contributed by atoms with Crippen LogP contribution in [0.2, 0.25) is 0 Å². The first-order chi connectivity index (χ1) is 10.1. The molecule has 2 N–H and O–H groups in total. The second-order valence-corrected chi connectivity index (χ2v) is 7.88. The molecule has 3 rings (SSSR count). The van der Waals surface area contributed by atoms with E-state index in [-0.39, 0.29) is 0 Å². The highest BCUT2D eigenvalue weighted by atomic mass is 32.2. The molecule has 0 bridgehead atoms. The predicted octanol–water partition coefficient (Wildman–Crippen LogP) is 2.63. The van der Waals surface area contributed by atoms with Crippen LogP contribution < -0.4 is 10.0 Å². The van der Waals surface area contributed by atoms with Crippen LogP contribution in [0.4, 0.5) is 5.69 Å². The van der Waals surface area contributed by atoms with Gasteiger partial charge in [0.2, 0.25) is 10.0 Å². The summed E-state index contributed by atoms with van der Waals surface area (Å²) < 4.78 is 27.3.